The van der Waals surface area contributed by atoms with E-state index < -0.39 is 43.4 Å². The van der Waals surface area contributed by atoms with Crippen LogP contribution in [0.1, 0.15) is 64.9 Å². The molecule has 1 aromatic rings. The van der Waals surface area contributed by atoms with Crippen molar-refractivity contribution in [2.24, 2.45) is 11.8 Å². The van der Waals surface area contributed by atoms with Gasteiger partial charge in [-0.3, -0.25) is 4.79 Å². The summed E-state index contributed by atoms with van der Waals surface area (Å²) in [6, 6.07) is 0. The van der Waals surface area contributed by atoms with E-state index in [-0.39, 0.29) is 23.2 Å². The van der Waals surface area contributed by atoms with Gasteiger partial charge in [-0.2, -0.15) is 0 Å². The quantitative estimate of drug-likeness (QED) is 0.204. The average Bonchev–Trinajstić information content (AvgIpc) is 2.95. The van der Waals surface area contributed by atoms with E-state index in [0.717, 1.165) is 17.6 Å². The van der Waals surface area contributed by atoms with Crippen LogP contribution in [0.15, 0.2) is 50.7 Å². The zero-order chi connectivity index (χ0) is 30.9. The third-order valence-electron chi connectivity index (χ3n) is 7.47. The molecule has 8 atom stereocenters. The minimum absolute atomic E-state index is 0.0559. The average molecular weight is 577 g/mol. The number of hydrogen-bond acceptors (Lipinski definition) is 9. The Balaban J connectivity index is 2.08. The lowest BCUT2D eigenvalue weighted by molar-refractivity contribution is -0.310. The lowest BCUT2D eigenvalue weighted by Crippen LogP contribution is -2.60. The van der Waals surface area contributed by atoms with Gasteiger partial charge in [-0.25, -0.2) is 0 Å². The van der Waals surface area contributed by atoms with E-state index in [2.05, 4.69) is 19.1 Å². The molecule has 4 N–H and O–H groups in total. The minimum Gasteiger partial charge on any atom is -0.468 e. The molecule has 1 aliphatic rings. The standard InChI is InChI=1S/C32H48O9/c1-9-20(5)30(41-32-29(37)28(36)27(35)25(17-33)40-32)21(6)16-19(4)13-11-12-18(3)14-15-24-22(7)26(34)23(10-2)31(38-8)39-24/h9,11,13-16,18,21,25,27-30,32-33,35-37H,10,12,17H2,1-8H3/b13-11+,15-14+,19-16+,20-9+/t18?,21?,25-,27-,28+,29-,30?,32+/m1/s1. The van der Waals surface area contributed by atoms with Crippen molar-refractivity contribution in [1.29, 1.82) is 0 Å². The lowest BCUT2D eigenvalue weighted by atomic mass is 9.94. The van der Waals surface area contributed by atoms with E-state index in [1.165, 1.54) is 7.11 Å². The zero-order valence-corrected chi connectivity index (χ0v) is 25.5. The van der Waals surface area contributed by atoms with Crippen LogP contribution < -0.4 is 10.2 Å². The summed E-state index contributed by atoms with van der Waals surface area (Å²) < 4.78 is 22.7. The molecule has 0 radical (unpaired) electrons. The van der Waals surface area contributed by atoms with Crippen LogP contribution in [0.4, 0.5) is 0 Å². The largest absolute Gasteiger partial charge is 0.468 e. The summed E-state index contributed by atoms with van der Waals surface area (Å²) in [6.45, 7) is 13.0. The molecule has 0 aromatic carbocycles. The number of aliphatic hydroxyl groups is 4. The van der Waals surface area contributed by atoms with Crippen molar-refractivity contribution in [2.75, 3.05) is 13.7 Å². The highest BCUT2D eigenvalue weighted by atomic mass is 16.7. The summed E-state index contributed by atoms with van der Waals surface area (Å²) in [7, 11) is 1.49. The Hall–Kier alpha value is -2.53. The SMILES string of the molecule is C/C=C(\C)C(O[C@@H]1O[C@H](CO)[C@@H](O)[C@H](O)[C@H]1O)C(C)/C=C(C)/C=C/CC(C)/C=C/c1oc(OC)c(CC)c(=O)c1C. The molecule has 41 heavy (non-hydrogen) atoms. The van der Waals surface area contributed by atoms with Crippen molar-refractivity contribution < 1.29 is 39.1 Å². The minimum atomic E-state index is -1.50. The smallest absolute Gasteiger partial charge is 0.291 e. The maximum Gasteiger partial charge on any atom is 0.291 e. The highest BCUT2D eigenvalue weighted by molar-refractivity contribution is 5.49. The maximum absolute atomic E-state index is 12.6. The summed E-state index contributed by atoms with van der Waals surface area (Å²) in [5, 5.41) is 40.1. The van der Waals surface area contributed by atoms with Gasteiger partial charge in [0.25, 0.3) is 5.95 Å². The topological polar surface area (TPSA) is 139 Å². The fraction of sp³-hybridized carbons (Fsp3) is 0.594. The molecule has 0 saturated carbocycles. The number of aliphatic hydroxyl groups excluding tert-OH is 4. The predicted octanol–water partition coefficient (Wildman–Crippen LogP) is 3.85. The number of ether oxygens (including phenoxy) is 3. The van der Waals surface area contributed by atoms with Gasteiger partial charge in [-0.15, -0.1) is 0 Å². The lowest BCUT2D eigenvalue weighted by Gasteiger charge is -2.41. The van der Waals surface area contributed by atoms with E-state index in [4.69, 9.17) is 18.6 Å². The van der Waals surface area contributed by atoms with Crippen LogP contribution >= 0.6 is 0 Å². The van der Waals surface area contributed by atoms with Crippen molar-refractivity contribution in [3.63, 3.8) is 0 Å². The molecule has 1 aromatic heterocycles. The van der Waals surface area contributed by atoms with Crippen molar-refractivity contribution in [2.45, 2.75) is 98.1 Å². The Labute approximate surface area is 243 Å². The molecule has 3 unspecified atom stereocenters. The summed E-state index contributed by atoms with van der Waals surface area (Å²) >= 11 is 0. The monoisotopic (exact) mass is 576 g/mol. The van der Waals surface area contributed by atoms with E-state index in [0.29, 0.717) is 23.3 Å². The highest BCUT2D eigenvalue weighted by Crippen LogP contribution is 2.28. The third-order valence-corrected chi connectivity index (χ3v) is 7.47. The van der Waals surface area contributed by atoms with Gasteiger partial charge in [0, 0.05) is 11.5 Å². The summed E-state index contributed by atoms with van der Waals surface area (Å²) in [6.07, 6.45) is 6.08. The van der Waals surface area contributed by atoms with Gasteiger partial charge in [-0.1, -0.05) is 56.7 Å². The molecule has 0 bridgehead atoms. The van der Waals surface area contributed by atoms with Crippen molar-refractivity contribution in [1.82, 2.24) is 0 Å². The van der Waals surface area contributed by atoms with Crippen LogP contribution in [0.5, 0.6) is 5.95 Å². The molecule has 0 spiro atoms. The van der Waals surface area contributed by atoms with Crippen LogP contribution in [0, 0.1) is 18.8 Å². The van der Waals surface area contributed by atoms with E-state index in [9.17, 15) is 25.2 Å². The second-order valence-electron chi connectivity index (χ2n) is 10.8. The van der Waals surface area contributed by atoms with Gasteiger partial charge in [0.1, 0.15) is 30.2 Å². The Bertz CT molecular complexity index is 1160. The first kappa shape index (κ1) is 34.7. The molecule has 0 aliphatic carbocycles. The highest BCUT2D eigenvalue weighted by Gasteiger charge is 2.45. The van der Waals surface area contributed by atoms with Crippen LogP contribution in [0.2, 0.25) is 0 Å². The Morgan fingerprint density at radius 3 is 2.39 bits per heavy atom. The van der Waals surface area contributed by atoms with Gasteiger partial charge in [-0.05, 0) is 58.1 Å². The zero-order valence-electron chi connectivity index (χ0n) is 25.5. The maximum atomic E-state index is 12.6. The van der Waals surface area contributed by atoms with Crippen LogP contribution in [-0.2, 0) is 15.9 Å². The van der Waals surface area contributed by atoms with Gasteiger partial charge < -0.3 is 39.1 Å². The van der Waals surface area contributed by atoms with Gasteiger partial charge in [0.2, 0.25) is 0 Å². The molecular weight excluding hydrogens is 528 g/mol. The summed E-state index contributed by atoms with van der Waals surface area (Å²) in [4.78, 5) is 12.6. The number of allylic oxidation sites excluding steroid dienone is 5. The Morgan fingerprint density at radius 2 is 1.80 bits per heavy atom. The molecule has 9 heteroatoms. The number of hydrogen-bond donors (Lipinski definition) is 4. The molecule has 230 valence electrons. The Kier molecular flexibility index (Phi) is 13.7. The number of methoxy groups -OCH3 is 1. The first-order valence-electron chi connectivity index (χ1n) is 14.2. The van der Waals surface area contributed by atoms with Crippen molar-refractivity contribution in [3.8, 4) is 5.95 Å². The molecule has 9 nitrogen and oxygen atoms in total. The molecule has 2 rings (SSSR count). The van der Waals surface area contributed by atoms with E-state index in [1.807, 2.05) is 58.9 Å². The third kappa shape index (κ3) is 8.98. The molecule has 1 aliphatic heterocycles. The van der Waals surface area contributed by atoms with Gasteiger partial charge >= 0.3 is 0 Å². The summed E-state index contributed by atoms with van der Waals surface area (Å²) in [5.41, 5.74) is 2.97. The first-order valence-corrected chi connectivity index (χ1v) is 14.2. The van der Waals surface area contributed by atoms with Gasteiger partial charge in [0.05, 0.1) is 25.4 Å². The summed E-state index contributed by atoms with van der Waals surface area (Å²) in [5.74, 6) is 0.819. The van der Waals surface area contributed by atoms with Crippen molar-refractivity contribution in [3.05, 3.63) is 68.6 Å². The fourth-order valence-corrected chi connectivity index (χ4v) is 4.79. The van der Waals surface area contributed by atoms with E-state index >= 15 is 0 Å². The molecule has 1 saturated heterocycles. The van der Waals surface area contributed by atoms with Crippen LogP contribution in [0.3, 0.4) is 0 Å². The fourth-order valence-electron chi connectivity index (χ4n) is 4.79. The van der Waals surface area contributed by atoms with Gasteiger partial charge in [0.15, 0.2) is 11.7 Å². The van der Waals surface area contributed by atoms with Crippen molar-refractivity contribution >= 4 is 6.08 Å². The first-order chi connectivity index (χ1) is 19.4. The molecule has 1 fully saturated rings. The predicted molar refractivity (Wildman–Crippen MR) is 159 cm³/mol. The van der Waals surface area contributed by atoms with Crippen LogP contribution in [-0.4, -0.2) is 71.0 Å². The second kappa shape index (κ2) is 16.2. The molecular formula is C32H48O9. The second-order valence-corrected chi connectivity index (χ2v) is 10.8. The van der Waals surface area contributed by atoms with E-state index in [1.54, 1.807) is 6.92 Å². The number of rotatable bonds is 13. The normalized spacial score (nSPS) is 26.5. The molecule has 0 amide bonds. The van der Waals surface area contributed by atoms with Crippen LogP contribution in [0.25, 0.3) is 6.08 Å². The molecule has 2 heterocycles. The Morgan fingerprint density at radius 1 is 1.12 bits per heavy atom.